The molecule has 3 rings (SSSR count). The Balaban J connectivity index is 1.87. The van der Waals surface area contributed by atoms with E-state index < -0.39 is 6.09 Å². The smallest absolute Gasteiger partial charge is 0.407 e. The van der Waals surface area contributed by atoms with Gasteiger partial charge in [-0.2, -0.15) is 0 Å². The van der Waals surface area contributed by atoms with Gasteiger partial charge in [0.05, 0.1) is 28.9 Å². The average Bonchev–Trinajstić information content (AvgIpc) is 3.11. The third-order valence-electron chi connectivity index (χ3n) is 4.56. The summed E-state index contributed by atoms with van der Waals surface area (Å²) in [6, 6.07) is 7.54. The largest absolute Gasteiger partial charge is 0.453 e. The molecule has 0 radical (unpaired) electrons. The van der Waals surface area contributed by atoms with Crippen LogP contribution in [0.3, 0.4) is 0 Å². The normalized spacial score (nSPS) is 13.3. The Bertz CT molecular complexity index is 953. The topological polar surface area (TPSA) is 114 Å². The maximum Gasteiger partial charge on any atom is 0.407 e. The standard InChI is InChI=1S/C20H24IN5O4/c1-11-5-4-6-12(7-11)24-17-15-14(9-23-19(15)27)16(21)18(26-17)22-8-13(10-29-2)25-20(28)30-3/h4-7,13H,8-10H2,1-3H3,(H,23,27)(H,25,28)(H2,22,24,26)/t13-/m1/s1. The van der Waals surface area contributed by atoms with Crippen LogP contribution < -0.4 is 21.3 Å². The molecule has 1 aromatic carbocycles. The number of pyridine rings is 1. The fourth-order valence-electron chi connectivity index (χ4n) is 3.15. The molecule has 9 nitrogen and oxygen atoms in total. The third-order valence-corrected chi connectivity index (χ3v) is 5.72. The highest BCUT2D eigenvalue weighted by Crippen LogP contribution is 2.33. The van der Waals surface area contributed by atoms with E-state index in [1.54, 1.807) is 7.11 Å². The molecular formula is C20H24IN5O4. The number of rotatable bonds is 8. The van der Waals surface area contributed by atoms with Crippen molar-refractivity contribution in [1.29, 1.82) is 0 Å². The van der Waals surface area contributed by atoms with E-state index in [1.807, 2.05) is 31.2 Å². The first-order chi connectivity index (χ1) is 14.4. The Kier molecular flexibility index (Phi) is 7.32. The number of aryl methyl sites for hydroxylation is 1. The molecule has 1 atom stereocenters. The van der Waals surface area contributed by atoms with E-state index in [-0.39, 0.29) is 11.9 Å². The summed E-state index contributed by atoms with van der Waals surface area (Å²) in [6.07, 6.45) is -0.535. The minimum atomic E-state index is -0.535. The highest BCUT2D eigenvalue weighted by Gasteiger charge is 2.29. The van der Waals surface area contributed by atoms with Gasteiger partial charge in [0.1, 0.15) is 11.6 Å². The van der Waals surface area contributed by atoms with Crippen LogP contribution in [0.15, 0.2) is 24.3 Å². The van der Waals surface area contributed by atoms with Crippen molar-refractivity contribution in [2.24, 2.45) is 0 Å². The van der Waals surface area contributed by atoms with E-state index in [2.05, 4.69) is 53.6 Å². The van der Waals surface area contributed by atoms with E-state index >= 15 is 0 Å². The van der Waals surface area contributed by atoms with Gasteiger partial charge in [0, 0.05) is 31.5 Å². The molecule has 0 fully saturated rings. The zero-order valence-electron chi connectivity index (χ0n) is 17.0. The lowest BCUT2D eigenvalue weighted by molar-refractivity contribution is 0.0966. The van der Waals surface area contributed by atoms with Crippen LogP contribution in [0.25, 0.3) is 0 Å². The quantitative estimate of drug-likeness (QED) is 0.392. The van der Waals surface area contributed by atoms with Gasteiger partial charge in [-0.3, -0.25) is 4.79 Å². The van der Waals surface area contributed by atoms with Crippen molar-refractivity contribution in [3.8, 4) is 0 Å². The predicted octanol–water partition coefficient (Wildman–Crippen LogP) is 2.76. The molecule has 0 bridgehead atoms. The number of methoxy groups -OCH3 is 2. The number of alkyl carbamates (subject to hydrolysis) is 1. The number of fused-ring (bicyclic) bond motifs is 1. The van der Waals surface area contributed by atoms with Crippen LogP contribution in [0.1, 0.15) is 21.5 Å². The van der Waals surface area contributed by atoms with E-state index in [1.165, 1.54) is 7.11 Å². The third kappa shape index (κ3) is 5.11. The Morgan fingerprint density at radius 2 is 2.13 bits per heavy atom. The van der Waals surface area contributed by atoms with Gasteiger partial charge >= 0.3 is 6.09 Å². The minimum absolute atomic E-state index is 0.151. The molecule has 1 aliphatic rings. The number of carbonyl (C=O) groups is 2. The highest BCUT2D eigenvalue weighted by atomic mass is 127. The maximum absolute atomic E-state index is 12.4. The summed E-state index contributed by atoms with van der Waals surface area (Å²) in [6.45, 7) is 3.11. The number of nitrogens with one attached hydrogen (secondary N) is 4. The summed E-state index contributed by atoms with van der Waals surface area (Å²) in [5.74, 6) is 0.952. The fourth-order valence-corrected chi connectivity index (χ4v) is 3.92. The van der Waals surface area contributed by atoms with Crippen LogP contribution in [0.5, 0.6) is 0 Å². The number of anilines is 3. The van der Waals surface area contributed by atoms with Crippen molar-refractivity contribution in [2.75, 3.05) is 38.0 Å². The lowest BCUT2D eigenvalue weighted by atomic mass is 10.1. The Labute approximate surface area is 188 Å². The summed E-state index contributed by atoms with van der Waals surface area (Å²) in [4.78, 5) is 28.7. The van der Waals surface area contributed by atoms with Crippen molar-refractivity contribution in [2.45, 2.75) is 19.5 Å². The minimum Gasteiger partial charge on any atom is -0.453 e. The van der Waals surface area contributed by atoms with Gasteiger partial charge < -0.3 is 30.7 Å². The zero-order chi connectivity index (χ0) is 21.7. The molecule has 2 aromatic rings. The molecular weight excluding hydrogens is 501 g/mol. The molecule has 160 valence electrons. The van der Waals surface area contributed by atoms with Crippen molar-refractivity contribution in [3.05, 3.63) is 44.5 Å². The van der Waals surface area contributed by atoms with Crippen molar-refractivity contribution in [3.63, 3.8) is 0 Å². The first kappa shape index (κ1) is 22.1. The van der Waals surface area contributed by atoms with Gasteiger partial charge in [-0.1, -0.05) is 12.1 Å². The van der Waals surface area contributed by atoms with Crippen molar-refractivity contribution in [1.82, 2.24) is 15.6 Å². The summed E-state index contributed by atoms with van der Waals surface area (Å²) >= 11 is 2.18. The second kappa shape index (κ2) is 9.94. The van der Waals surface area contributed by atoms with Crippen LogP contribution in [0, 0.1) is 10.5 Å². The first-order valence-corrected chi connectivity index (χ1v) is 10.4. The summed E-state index contributed by atoms with van der Waals surface area (Å²) in [5, 5.41) is 12.1. The van der Waals surface area contributed by atoms with Crippen molar-refractivity contribution >= 4 is 51.9 Å². The van der Waals surface area contributed by atoms with E-state index in [4.69, 9.17) is 4.74 Å². The molecule has 0 spiro atoms. The number of carbonyl (C=O) groups excluding carboxylic acids is 2. The van der Waals surface area contributed by atoms with Gasteiger partial charge in [0.2, 0.25) is 0 Å². The molecule has 1 aromatic heterocycles. The van der Waals surface area contributed by atoms with Gasteiger partial charge in [-0.05, 0) is 47.2 Å². The Morgan fingerprint density at radius 3 is 2.83 bits per heavy atom. The molecule has 0 unspecified atom stereocenters. The van der Waals surface area contributed by atoms with Crippen molar-refractivity contribution < 1.29 is 19.1 Å². The summed E-state index contributed by atoms with van der Waals surface area (Å²) < 4.78 is 10.7. The Morgan fingerprint density at radius 1 is 1.33 bits per heavy atom. The van der Waals surface area contributed by atoms with Crippen LogP contribution in [-0.2, 0) is 16.0 Å². The number of aromatic nitrogens is 1. The monoisotopic (exact) mass is 525 g/mol. The predicted molar refractivity (Wildman–Crippen MR) is 122 cm³/mol. The second-order valence-electron chi connectivity index (χ2n) is 6.82. The fraction of sp³-hybridized carbons (Fsp3) is 0.350. The number of ether oxygens (including phenoxy) is 2. The zero-order valence-corrected chi connectivity index (χ0v) is 19.1. The van der Waals surface area contributed by atoms with Gasteiger partial charge in [-0.25, -0.2) is 9.78 Å². The number of hydrogen-bond donors (Lipinski definition) is 4. The molecule has 0 saturated carbocycles. The molecule has 2 heterocycles. The summed E-state index contributed by atoms with van der Waals surface area (Å²) in [7, 11) is 2.87. The average molecular weight is 525 g/mol. The molecule has 1 aliphatic heterocycles. The number of hydrogen-bond acceptors (Lipinski definition) is 7. The summed E-state index contributed by atoms with van der Waals surface area (Å²) in [5.41, 5.74) is 3.38. The number of nitrogens with zero attached hydrogens (tertiary/aromatic N) is 1. The van der Waals surface area contributed by atoms with E-state index in [0.717, 1.165) is 20.4 Å². The number of halogens is 1. The SMILES string of the molecule is COC[C@@H](CNc1nc(Nc2cccc(C)c2)c2c(c1I)CNC2=O)NC(=O)OC. The lowest BCUT2D eigenvalue weighted by Crippen LogP contribution is -2.42. The number of amides is 2. The molecule has 0 saturated heterocycles. The second-order valence-corrected chi connectivity index (χ2v) is 7.90. The van der Waals surface area contributed by atoms with Gasteiger partial charge in [0.15, 0.2) is 0 Å². The van der Waals surface area contributed by atoms with Gasteiger partial charge in [-0.15, -0.1) is 0 Å². The van der Waals surface area contributed by atoms with Crippen LogP contribution in [0.2, 0.25) is 0 Å². The highest BCUT2D eigenvalue weighted by molar-refractivity contribution is 14.1. The number of benzene rings is 1. The van der Waals surface area contributed by atoms with Crippen LogP contribution in [0.4, 0.5) is 22.1 Å². The molecule has 0 aliphatic carbocycles. The first-order valence-electron chi connectivity index (χ1n) is 9.34. The molecule has 4 N–H and O–H groups in total. The molecule has 30 heavy (non-hydrogen) atoms. The van der Waals surface area contributed by atoms with Crippen LogP contribution in [-0.4, -0.2) is 50.4 Å². The van der Waals surface area contributed by atoms with E-state index in [0.29, 0.717) is 36.9 Å². The maximum atomic E-state index is 12.4. The van der Waals surface area contributed by atoms with E-state index in [9.17, 15) is 9.59 Å². The van der Waals surface area contributed by atoms with Crippen LogP contribution >= 0.6 is 22.6 Å². The molecule has 10 heteroatoms. The molecule has 2 amide bonds. The lowest BCUT2D eigenvalue weighted by Gasteiger charge is -2.20. The van der Waals surface area contributed by atoms with Gasteiger partial charge in [0.25, 0.3) is 5.91 Å². The Hall–Kier alpha value is -2.60.